The molecule has 2 saturated heterocycles. The van der Waals surface area contributed by atoms with E-state index < -0.39 is 5.82 Å². The van der Waals surface area contributed by atoms with Crippen LogP contribution in [0.3, 0.4) is 0 Å². The lowest BCUT2D eigenvalue weighted by Gasteiger charge is -2.35. The molecule has 142 valence electrons. The number of aryl methyl sites for hydroxylation is 2. The van der Waals surface area contributed by atoms with Crippen LogP contribution in [-0.4, -0.2) is 42.3 Å². The summed E-state index contributed by atoms with van der Waals surface area (Å²) in [6.45, 7) is 9.47. The summed E-state index contributed by atoms with van der Waals surface area (Å²) in [6.07, 6.45) is 2.33. The van der Waals surface area contributed by atoms with Gasteiger partial charge in [-0.1, -0.05) is 25.4 Å². The summed E-state index contributed by atoms with van der Waals surface area (Å²) in [6, 6.07) is 0.914. The predicted octanol–water partition coefficient (Wildman–Crippen LogP) is 4.01. The van der Waals surface area contributed by atoms with E-state index in [4.69, 9.17) is 21.3 Å². The fraction of sp³-hybridized carbons (Fsp3) is 0.579. The van der Waals surface area contributed by atoms with E-state index in [1.165, 1.54) is 20.0 Å². The van der Waals surface area contributed by atoms with Crippen molar-refractivity contribution in [3.8, 4) is 5.88 Å². The lowest BCUT2D eigenvalue weighted by molar-refractivity contribution is 0.401. The van der Waals surface area contributed by atoms with E-state index in [-0.39, 0.29) is 5.15 Å². The Balaban J connectivity index is 0.000000948. The van der Waals surface area contributed by atoms with Crippen molar-refractivity contribution in [3.05, 3.63) is 22.2 Å². The topological polar surface area (TPSA) is 50.3 Å². The molecule has 0 spiro atoms. The van der Waals surface area contributed by atoms with Crippen molar-refractivity contribution in [2.45, 2.75) is 52.6 Å². The maximum atomic E-state index is 14.8. The van der Waals surface area contributed by atoms with Gasteiger partial charge in [0.1, 0.15) is 5.82 Å². The standard InChI is InChI=1S/C17H20ClFN4O.C2H6/c1-8-9(2)20-16(23-6-10-4-5-11(7-23)21-10)13-12(8)14(19)15(18)22-17(13)24-3;1-2/h10-11,21H,4-7H2,1-3H3;1-2H3. The quantitative estimate of drug-likeness (QED) is 0.797. The number of methoxy groups -OCH3 is 1. The number of hydrogen-bond donors (Lipinski definition) is 1. The van der Waals surface area contributed by atoms with Crippen molar-refractivity contribution in [1.82, 2.24) is 15.3 Å². The molecule has 2 fully saturated rings. The first kappa shape index (κ1) is 19.1. The lowest BCUT2D eigenvalue weighted by atomic mass is 10.0. The highest BCUT2D eigenvalue weighted by molar-refractivity contribution is 6.30. The summed E-state index contributed by atoms with van der Waals surface area (Å²) in [5.41, 5.74) is 1.57. The second kappa shape index (κ2) is 7.53. The fourth-order valence-electron chi connectivity index (χ4n) is 3.90. The van der Waals surface area contributed by atoms with Crippen molar-refractivity contribution < 1.29 is 9.13 Å². The maximum Gasteiger partial charge on any atom is 0.226 e. The number of piperazine rings is 1. The first-order chi connectivity index (χ1) is 12.5. The van der Waals surface area contributed by atoms with E-state index in [2.05, 4.69) is 15.2 Å². The molecule has 2 aromatic heterocycles. The van der Waals surface area contributed by atoms with E-state index in [1.54, 1.807) is 0 Å². The number of nitrogens with one attached hydrogen (secondary N) is 1. The van der Waals surface area contributed by atoms with Crippen molar-refractivity contribution in [3.63, 3.8) is 0 Å². The Bertz CT molecular complexity index is 809. The Labute approximate surface area is 158 Å². The molecular formula is C19H26ClFN4O. The van der Waals surface area contributed by atoms with Gasteiger partial charge in [0, 0.05) is 36.3 Å². The summed E-state index contributed by atoms with van der Waals surface area (Å²) >= 11 is 5.98. The Morgan fingerprint density at radius 1 is 1.12 bits per heavy atom. The van der Waals surface area contributed by atoms with Gasteiger partial charge < -0.3 is 15.0 Å². The SMILES string of the molecule is CC.COc1nc(Cl)c(F)c2c(C)c(C)nc(N3CC4CCC(C3)N4)c12. The van der Waals surface area contributed by atoms with Crippen LogP contribution in [0.4, 0.5) is 10.2 Å². The van der Waals surface area contributed by atoms with E-state index in [9.17, 15) is 4.39 Å². The van der Waals surface area contributed by atoms with Crippen molar-refractivity contribution in [2.24, 2.45) is 0 Å². The van der Waals surface area contributed by atoms with E-state index >= 15 is 0 Å². The summed E-state index contributed by atoms with van der Waals surface area (Å²) in [5, 5.41) is 4.51. The molecule has 2 bridgehead atoms. The van der Waals surface area contributed by atoms with Crippen LogP contribution in [0.1, 0.15) is 37.9 Å². The molecule has 5 nitrogen and oxygen atoms in total. The molecule has 2 aromatic rings. The van der Waals surface area contributed by atoms with Gasteiger partial charge >= 0.3 is 0 Å². The third-order valence-electron chi connectivity index (χ3n) is 5.19. The molecule has 0 amide bonds. The number of rotatable bonds is 2. The molecule has 2 aliphatic heterocycles. The highest BCUT2D eigenvalue weighted by Gasteiger charge is 2.34. The first-order valence-electron chi connectivity index (χ1n) is 9.20. The van der Waals surface area contributed by atoms with Crippen LogP contribution in [0.2, 0.25) is 5.15 Å². The van der Waals surface area contributed by atoms with Gasteiger partial charge in [-0.2, -0.15) is 4.98 Å². The second-order valence-corrected chi connectivity index (χ2v) is 7.02. The van der Waals surface area contributed by atoms with Crippen LogP contribution in [0.15, 0.2) is 0 Å². The highest BCUT2D eigenvalue weighted by atomic mass is 35.5. The number of hydrogen-bond acceptors (Lipinski definition) is 5. The van der Waals surface area contributed by atoms with Gasteiger partial charge in [-0.25, -0.2) is 9.37 Å². The Morgan fingerprint density at radius 3 is 2.31 bits per heavy atom. The number of aromatic nitrogens is 2. The zero-order chi connectivity index (χ0) is 19.0. The molecule has 26 heavy (non-hydrogen) atoms. The molecule has 4 heterocycles. The van der Waals surface area contributed by atoms with Crippen molar-refractivity contribution in [1.29, 1.82) is 0 Å². The van der Waals surface area contributed by atoms with Gasteiger partial charge in [-0.3, -0.25) is 0 Å². The normalized spacial score (nSPS) is 21.6. The monoisotopic (exact) mass is 380 g/mol. The van der Waals surface area contributed by atoms with Gasteiger partial charge in [0.2, 0.25) is 5.88 Å². The molecule has 7 heteroatoms. The van der Waals surface area contributed by atoms with Crippen LogP contribution >= 0.6 is 11.6 Å². The van der Waals surface area contributed by atoms with Gasteiger partial charge in [0.05, 0.1) is 12.5 Å². The van der Waals surface area contributed by atoms with Crippen LogP contribution in [0, 0.1) is 19.7 Å². The van der Waals surface area contributed by atoms with Crippen molar-refractivity contribution >= 4 is 28.2 Å². The summed E-state index contributed by atoms with van der Waals surface area (Å²) < 4.78 is 20.2. The Hall–Kier alpha value is -1.66. The molecule has 4 rings (SSSR count). The molecule has 1 N–H and O–H groups in total. The average molecular weight is 381 g/mol. The van der Waals surface area contributed by atoms with E-state index in [0.717, 1.165) is 30.2 Å². The molecule has 0 aliphatic carbocycles. The molecule has 2 atom stereocenters. The third-order valence-corrected chi connectivity index (χ3v) is 5.44. The zero-order valence-electron chi connectivity index (χ0n) is 16.0. The number of ether oxygens (including phenoxy) is 1. The van der Waals surface area contributed by atoms with Crippen molar-refractivity contribution in [2.75, 3.05) is 25.1 Å². The Kier molecular flexibility index (Phi) is 5.53. The van der Waals surface area contributed by atoms with Crippen LogP contribution in [0.5, 0.6) is 5.88 Å². The van der Waals surface area contributed by atoms with Gasteiger partial charge in [-0.15, -0.1) is 0 Å². The lowest BCUT2D eigenvalue weighted by Crippen LogP contribution is -2.51. The summed E-state index contributed by atoms with van der Waals surface area (Å²) in [7, 11) is 1.52. The summed E-state index contributed by atoms with van der Waals surface area (Å²) in [5.74, 6) is 0.564. The van der Waals surface area contributed by atoms with Crippen LogP contribution < -0.4 is 15.0 Å². The minimum absolute atomic E-state index is 0.167. The predicted molar refractivity (Wildman–Crippen MR) is 104 cm³/mol. The van der Waals surface area contributed by atoms with E-state index in [0.29, 0.717) is 28.7 Å². The second-order valence-electron chi connectivity index (χ2n) is 6.66. The first-order valence-corrected chi connectivity index (χ1v) is 9.58. The number of anilines is 1. The number of nitrogens with zero attached hydrogens (tertiary/aromatic N) is 3. The number of pyridine rings is 2. The fourth-order valence-corrected chi connectivity index (χ4v) is 4.07. The smallest absolute Gasteiger partial charge is 0.226 e. The average Bonchev–Trinajstić information content (AvgIpc) is 2.99. The highest BCUT2D eigenvalue weighted by Crippen LogP contribution is 2.39. The number of halogens is 2. The molecule has 0 saturated carbocycles. The minimum atomic E-state index is -0.505. The summed E-state index contributed by atoms with van der Waals surface area (Å²) in [4.78, 5) is 11.1. The maximum absolute atomic E-state index is 14.8. The molecule has 2 aliphatic rings. The van der Waals surface area contributed by atoms with Gasteiger partial charge in [0.25, 0.3) is 0 Å². The zero-order valence-corrected chi connectivity index (χ0v) is 16.7. The minimum Gasteiger partial charge on any atom is -0.480 e. The van der Waals surface area contributed by atoms with Gasteiger partial charge in [-0.05, 0) is 32.3 Å². The molecule has 2 unspecified atom stereocenters. The van der Waals surface area contributed by atoms with E-state index in [1.807, 2.05) is 27.7 Å². The molecular weight excluding hydrogens is 355 g/mol. The largest absolute Gasteiger partial charge is 0.480 e. The van der Waals surface area contributed by atoms with Crippen LogP contribution in [0.25, 0.3) is 10.8 Å². The molecule has 0 aromatic carbocycles. The molecule has 0 radical (unpaired) electrons. The number of fused-ring (bicyclic) bond motifs is 3. The Morgan fingerprint density at radius 2 is 1.73 bits per heavy atom. The van der Waals surface area contributed by atoms with Gasteiger partial charge in [0.15, 0.2) is 11.0 Å². The van der Waals surface area contributed by atoms with Crippen LogP contribution in [-0.2, 0) is 0 Å². The third kappa shape index (κ3) is 3.09.